The molecule has 1 amide bonds. The van der Waals surface area contributed by atoms with Gasteiger partial charge in [-0.25, -0.2) is 9.50 Å². The first kappa shape index (κ1) is 18.2. The van der Waals surface area contributed by atoms with Crippen LogP contribution in [-0.2, 0) is 9.53 Å². The van der Waals surface area contributed by atoms with Gasteiger partial charge in [-0.05, 0) is 24.3 Å². The van der Waals surface area contributed by atoms with Crippen LogP contribution in [0.2, 0.25) is 0 Å². The van der Waals surface area contributed by atoms with Crippen LogP contribution in [0, 0.1) is 0 Å². The number of carbonyl (C=O) groups excluding carboxylic acids is 2. The van der Waals surface area contributed by atoms with Crippen LogP contribution in [-0.4, -0.2) is 45.2 Å². The van der Waals surface area contributed by atoms with Crippen LogP contribution in [0.25, 0.3) is 16.4 Å². The Kier molecular flexibility index (Phi) is 4.85. The molecule has 0 atom stereocenters. The number of esters is 1. The molecule has 1 aliphatic carbocycles. The zero-order valence-electron chi connectivity index (χ0n) is 15.6. The third-order valence-corrected chi connectivity index (χ3v) is 5.44. The Labute approximate surface area is 161 Å². The minimum atomic E-state index is -0.622. The number of fused-ring (bicyclic) bond motifs is 3. The summed E-state index contributed by atoms with van der Waals surface area (Å²) >= 11 is 0. The molecule has 0 bridgehead atoms. The summed E-state index contributed by atoms with van der Waals surface area (Å²) in [4.78, 5) is 28.4. The molecule has 8 nitrogen and oxygen atoms in total. The number of ether oxygens (including phenoxy) is 1. The molecule has 0 aliphatic heterocycles. The van der Waals surface area contributed by atoms with E-state index >= 15 is 0 Å². The predicted molar refractivity (Wildman–Crippen MR) is 102 cm³/mol. The third-order valence-electron chi connectivity index (χ3n) is 5.44. The quantitative estimate of drug-likeness (QED) is 0.672. The van der Waals surface area contributed by atoms with Crippen LogP contribution in [0.3, 0.4) is 0 Å². The summed E-state index contributed by atoms with van der Waals surface area (Å²) in [6.07, 6.45) is 7.18. The van der Waals surface area contributed by atoms with Gasteiger partial charge in [0.25, 0.3) is 5.91 Å². The molecule has 0 saturated heterocycles. The molecular weight excluding hydrogens is 360 g/mol. The summed E-state index contributed by atoms with van der Waals surface area (Å²) in [5.74, 6) is -0.976. The van der Waals surface area contributed by atoms with E-state index < -0.39 is 11.9 Å². The zero-order chi connectivity index (χ0) is 19.7. The zero-order valence-corrected chi connectivity index (χ0v) is 15.6. The van der Waals surface area contributed by atoms with E-state index in [1.54, 1.807) is 6.07 Å². The Morgan fingerprint density at radius 1 is 1.29 bits per heavy atom. The fourth-order valence-electron chi connectivity index (χ4n) is 4.09. The van der Waals surface area contributed by atoms with Gasteiger partial charge in [0.1, 0.15) is 12.9 Å². The molecule has 2 heterocycles. The second-order valence-corrected chi connectivity index (χ2v) is 7.06. The Morgan fingerprint density at radius 3 is 2.82 bits per heavy atom. The van der Waals surface area contributed by atoms with Crippen molar-refractivity contribution in [2.75, 3.05) is 13.7 Å². The second kappa shape index (κ2) is 7.46. The Hall–Kier alpha value is -3.16. The van der Waals surface area contributed by atoms with Crippen molar-refractivity contribution < 1.29 is 19.4 Å². The van der Waals surface area contributed by atoms with E-state index in [9.17, 15) is 14.7 Å². The Morgan fingerprint density at radius 2 is 2.07 bits per heavy atom. The number of hydrogen-bond donors (Lipinski definition) is 2. The molecule has 2 N–H and O–H groups in total. The number of nitrogens with zero attached hydrogens (tertiary/aromatic N) is 3. The molecule has 1 saturated carbocycles. The highest BCUT2D eigenvalue weighted by Crippen LogP contribution is 2.40. The molecule has 28 heavy (non-hydrogen) atoms. The summed E-state index contributed by atoms with van der Waals surface area (Å²) in [6.45, 7) is -0.300. The minimum Gasteiger partial charge on any atom is -0.505 e. The van der Waals surface area contributed by atoms with Crippen LogP contribution in [0.15, 0.2) is 24.5 Å². The summed E-state index contributed by atoms with van der Waals surface area (Å²) in [7, 11) is 1.24. The molecular formula is C20H22N4O4. The number of hydrogen-bond acceptors (Lipinski definition) is 6. The van der Waals surface area contributed by atoms with Gasteiger partial charge >= 0.3 is 5.97 Å². The lowest BCUT2D eigenvalue weighted by Crippen LogP contribution is -2.31. The first-order chi connectivity index (χ1) is 13.6. The van der Waals surface area contributed by atoms with Gasteiger partial charge in [-0.3, -0.25) is 9.59 Å². The van der Waals surface area contributed by atoms with Gasteiger partial charge in [0, 0.05) is 10.8 Å². The fourth-order valence-corrected chi connectivity index (χ4v) is 4.09. The van der Waals surface area contributed by atoms with Crippen molar-refractivity contribution in [1.82, 2.24) is 19.9 Å². The van der Waals surface area contributed by atoms with Crippen molar-refractivity contribution in [2.45, 2.75) is 38.0 Å². The number of pyridine rings is 1. The van der Waals surface area contributed by atoms with E-state index in [1.165, 1.54) is 37.2 Å². The van der Waals surface area contributed by atoms with Gasteiger partial charge in [-0.1, -0.05) is 37.5 Å². The summed E-state index contributed by atoms with van der Waals surface area (Å²) in [5.41, 5.74) is 1.61. The second-order valence-electron chi connectivity index (χ2n) is 7.06. The van der Waals surface area contributed by atoms with Crippen molar-refractivity contribution in [3.05, 3.63) is 35.8 Å². The normalized spacial score (nSPS) is 15.0. The number of nitrogens with one attached hydrogen (secondary N) is 1. The van der Waals surface area contributed by atoms with Crippen LogP contribution in [0.4, 0.5) is 0 Å². The highest BCUT2D eigenvalue weighted by molar-refractivity contribution is 6.08. The highest BCUT2D eigenvalue weighted by Gasteiger charge is 2.26. The third kappa shape index (κ3) is 3.04. The van der Waals surface area contributed by atoms with Crippen molar-refractivity contribution in [3.8, 4) is 5.75 Å². The fraction of sp³-hybridized carbons (Fsp3) is 0.400. The van der Waals surface area contributed by atoms with Crippen molar-refractivity contribution in [1.29, 1.82) is 0 Å². The maximum atomic E-state index is 12.7. The molecule has 146 valence electrons. The lowest BCUT2D eigenvalue weighted by atomic mass is 9.82. The summed E-state index contributed by atoms with van der Waals surface area (Å²) in [6, 6.07) is 5.75. The van der Waals surface area contributed by atoms with E-state index in [1.807, 2.05) is 6.07 Å². The maximum absolute atomic E-state index is 12.7. The molecule has 4 rings (SSSR count). The standard InChI is InChI=1S/C20H22N4O4/c1-28-15(25)10-21-20(27)17-18(26)14-9-5-8-13(12-6-3-2-4-7-12)16(14)19-22-11-23-24(17)19/h5,8-9,11-12,26H,2-4,6-7,10H2,1H3,(H,21,27). The van der Waals surface area contributed by atoms with Crippen LogP contribution < -0.4 is 5.32 Å². The minimum absolute atomic E-state index is 0.0512. The predicted octanol–water partition coefficient (Wildman–Crippen LogP) is 2.54. The molecule has 0 unspecified atom stereocenters. The van der Waals surface area contributed by atoms with Crippen molar-refractivity contribution >= 4 is 28.3 Å². The number of aromatic hydroxyl groups is 1. The highest BCUT2D eigenvalue weighted by atomic mass is 16.5. The number of methoxy groups -OCH3 is 1. The van der Waals surface area contributed by atoms with E-state index in [-0.39, 0.29) is 18.0 Å². The molecule has 1 fully saturated rings. The number of aromatic nitrogens is 3. The number of rotatable bonds is 4. The Balaban J connectivity index is 1.87. The number of benzene rings is 1. The summed E-state index contributed by atoms with van der Waals surface area (Å²) in [5, 5.41) is 18.9. The molecule has 8 heteroatoms. The van der Waals surface area contributed by atoms with Crippen LogP contribution in [0.1, 0.15) is 54.1 Å². The van der Waals surface area contributed by atoms with E-state index in [0.29, 0.717) is 17.0 Å². The van der Waals surface area contributed by atoms with E-state index in [2.05, 4.69) is 26.2 Å². The smallest absolute Gasteiger partial charge is 0.325 e. The first-order valence-electron chi connectivity index (χ1n) is 9.44. The number of amides is 1. The molecule has 0 radical (unpaired) electrons. The maximum Gasteiger partial charge on any atom is 0.325 e. The average molecular weight is 382 g/mol. The number of carbonyl (C=O) groups is 2. The topological polar surface area (TPSA) is 106 Å². The van der Waals surface area contributed by atoms with Crippen LogP contribution in [0.5, 0.6) is 5.75 Å². The van der Waals surface area contributed by atoms with Crippen molar-refractivity contribution in [2.24, 2.45) is 0 Å². The lowest BCUT2D eigenvalue weighted by molar-refractivity contribution is -0.139. The van der Waals surface area contributed by atoms with E-state index in [0.717, 1.165) is 23.8 Å². The largest absolute Gasteiger partial charge is 0.505 e. The molecule has 0 spiro atoms. The molecule has 2 aromatic heterocycles. The van der Waals surface area contributed by atoms with Gasteiger partial charge < -0.3 is 15.2 Å². The van der Waals surface area contributed by atoms with Gasteiger partial charge in [0.2, 0.25) is 0 Å². The monoisotopic (exact) mass is 382 g/mol. The summed E-state index contributed by atoms with van der Waals surface area (Å²) < 4.78 is 5.89. The average Bonchev–Trinajstić information content (AvgIpc) is 3.21. The van der Waals surface area contributed by atoms with Gasteiger partial charge in [-0.15, -0.1) is 0 Å². The Bertz CT molecular complexity index is 1050. The van der Waals surface area contributed by atoms with E-state index in [4.69, 9.17) is 0 Å². The van der Waals surface area contributed by atoms with Crippen molar-refractivity contribution in [3.63, 3.8) is 0 Å². The molecule has 3 aromatic rings. The molecule has 1 aliphatic rings. The lowest BCUT2D eigenvalue weighted by Gasteiger charge is -2.24. The molecule has 1 aromatic carbocycles. The van der Waals surface area contributed by atoms with Gasteiger partial charge in [0.15, 0.2) is 17.1 Å². The SMILES string of the molecule is COC(=O)CNC(=O)c1c(O)c2cccc(C3CCCCC3)c2c2ncnn12. The van der Waals surface area contributed by atoms with Gasteiger partial charge in [-0.2, -0.15) is 5.10 Å². The van der Waals surface area contributed by atoms with Crippen LogP contribution >= 0.6 is 0 Å². The van der Waals surface area contributed by atoms with Gasteiger partial charge in [0.05, 0.1) is 7.11 Å². The first-order valence-corrected chi connectivity index (χ1v) is 9.44.